The van der Waals surface area contributed by atoms with Crippen molar-refractivity contribution in [2.45, 2.75) is 11.3 Å². The maximum Gasteiger partial charge on any atom is 0.244 e. The molecule has 1 aliphatic heterocycles. The normalized spacial score (nSPS) is 16.0. The Bertz CT molecular complexity index is 1120. The summed E-state index contributed by atoms with van der Waals surface area (Å²) in [5.41, 5.74) is 3.34. The van der Waals surface area contributed by atoms with Crippen molar-refractivity contribution in [1.29, 1.82) is 0 Å². The number of nitrogens with one attached hydrogen (secondary N) is 1. The molecule has 2 heterocycles. The first-order chi connectivity index (χ1) is 12.5. The molecule has 0 fully saturated rings. The number of para-hydroxylation sites is 1. The zero-order chi connectivity index (χ0) is 18.3. The molecule has 0 saturated heterocycles. The fourth-order valence-corrected chi connectivity index (χ4v) is 5.39. The molecule has 134 valence electrons. The molecule has 7 heteroatoms. The second-order valence-electron chi connectivity index (χ2n) is 6.14. The van der Waals surface area contributed by atoms with E-state index in [0.29, 0.717) is 19.5 Å². The number of halogens is 2. The highest BCUT2D eigenvalue weighted by Crippen LogP contribution is 2.34. The standard InChI is InChI=1S/C19H16Cl2N2O2S/c20-16-5-3-7-18(19(16)21)26(24,25)23-10-8-13(9-11-23)15-12-22-17-6-2-1-4-14(15)17/h1-8,12,22H,9-11H2. The first kappa shape index (κ1) is 17.6. The van der Waals surface area contributed by atoms with Crippen molar-refractivity contribution in [2.75, 3.05) is 13.1 Å². The highest BCUT2D eigenvalue weighted by Gasteiger charge is 2.29. The van der Waals surface area contributed by atoms with Crippen LogP contribution in [0.1, 0.15) is 12.0 Å². The van der Waals surface area contributed by atoms with Crippen LogP contribution in [0, 0.1) is 0 Å². The van der Waals surface area contributed by atoms with Crippen LogP contribution in [0.3, 0.4) is 0 Å². The summed E-state index contributed by atoms with van der Waals surface area (Å²) in [5, 5.41) is 1.45. The summed E-state index contributed by atoms with van der Waals surface area (Å²) in [6.07, 6.45) is 4.59. The summed E-state index contributed by atoms with van der Waals surface area (Å²) < 4.78 is 27.3. The van der Waals surface area contributed by atoms with E-state index in [1.165, 1.54) is 10.4 Å². The van der Waals surface area contributed by atoms with Crippen molar-refractivity contribution in [3.8, 4) is 0 Å². The molecule has 4 nitrogen and oxygen atoms in total. The smallest absolute Gasteiger partial charge is 0.244 e. The van der Waals surface area contributed by atoms with Crippen LogP contribution in [0.2, 0.25) is 10.0 Å². The number of hydrogen-bond acceptors (Lipinski definition) is 2. The average molecular weight is 407 g/mol. The third-order valence-electron chi connectivity index (χ3n) is 4.64. The van der Waals surface area contributed by atoms with E-state index in [1.807, 2.05) is 30.5 Å². The Balaban J connectivity index is 1.64. The Morgan fingerprint density at radius 3 is 2.62 bits per heavy atom. The number of rotatable bonds is 3. The summed E-state index contributed by atoms with van der Waals surface area (Å²) in [7, 11) is -3.69. The van der Waals surface area contributed by atoms with E-state index in [-0.39, 0.29) is 14.9 Å². The molecule has 1 aliphatic rings. The van der Waals surface area contributed by atoms with Crippen LogP contribution in [0.25, 0.3) is 16.5 Å². The largest absolute Gasteiger partial charge is 0.361 e. The van der Waals surface area contributed by atoms with Crippen molar-refractivity contribution < 1.29 is 8.42 Å². The predicted octanol–water partition coefficient (Wildman–Crippen LogP) is 4.95. The van der Waals surface area contributed by atoms with Crippen LogP contribution in [-0.2, 0) is 10.0 Å². The SMILES string of the molecule is O=S(=O)(c1cccc(Cl)c1Cl)N1CC=C(c2c[nH]c3ccccc23)CC1. The minimum atomic E-state index is -3.69. The molecule has 0 spiro atoms. The molecule has 0 atom stereocenters. The van der Waals surface area contributed by atoms with E-state index in [4.69, 9.17) is 23.2 Å². The van der Waals surface area contributed by atoms with Gasteiger partial charge < -0.3 is 4.98 Å². The fourth-order valence-electron chi connectivity index (χ4n) is 3.27. The van der Waals surface area contributed by atoms with Gasteiger partial charge >= 0.3 is 0 Å². The molecule has 4 rings (SSSR count). The molecular formula is C19H16Cl2N2O2S. The molecule has 3 aromatic rings. The fraction of sp³-hybridized carbons (Fsp3) is 0.158. The number of H-pyrrole nitrogens is 1. The number of nitrogens with zero attached hydrogens (tertiary/aromatic N) is 1. The summed E-state index contributed by atoms with van der Waals surface area (Å²) >= 11 is 12.1. The first-order valence-electron chi connectivity index (χ1n) is 8.18. The minimum Gasteiger partial charge on any atom is -0.361 e. The zero-order valence-corrected chi connectivity index (χ0v) is 16.1. The van der Waals surface area contributed by atoms with Crippen molar-refractivity contribution in [3.63, 3.8) is 0 Å². The van der Waals surface area contributed by atoms with Gasteiger partial charge in [-0.15, -0.1) is 0 Å². The molecule has 0 saturated carbocycles. The van der Waals surface area contributed by atoms with Crippen molar-refractivity contribution >= 4 is 49.7 Å². The van der Waals surface area contributed by atoms with Gasteiger partial charge in [0.2, 0.25) is 10.0 Å². The van der Waals surface area contributed by atoms with Gasteiger partial charge in [-0.25, -0.2) is 8.42 Å². The number of sulfonamides is 1. The molecule has 1 N–H and O–H groups in total. The maximum absolute atomic E-state index is 12.9. The average Bonchev–Trinajstić information content (AvgIpc) is 3.08. The number of fused-ring (bicyclic) bond motifs is 1. The van der Waals surface area contributed by atoms with Gasteiger partial charge in [0.1, 0.15) is 4.90 Å². The van der Waals surface area contributed by atoms with Crippen LogP contribution in [-0.4, -0.2) is 30.8 Å². The molecule has 26 heavy (non-hydrogen) atoms. The van der Waals surface area contributed by atoms with Crippen LogP contribution < -0.4 is 0 Å². The van der Waals surface area contributed by atoms with Gasteiger partial charge in [0, 0.05) is 35.8 Å². The predicted molar refractivity (Wildman–Crippen MR) is 106 cm³/mol. The number of aromatic amines is 1. The van der Waals surface area contributed by atoms with E-state index >= 15 is 0 Å². The highest BCUT2D eigenvalue weighted by atomic mass is 35.5. The summed E-state index contributed by atoms with van der Waals surface area (Å²) in [4.78, 5) is 3.31. The lowest BCUT2D eigenvalue weighted by Crippen LogP contribution is -2.34. The molecule has 2 aromatic carbocycles. The third kappa shape index (κ3) is 2.95. The Hall–Kier alpha value is -1.79. The Morgan fingerprint density at radius 2 is 1.85 bits per heavy atom. The maximum atomic E-state index is 12.9. The highest BCUT2D eigenvalue weighted by molar-refractivity contribution is 7.89. The number of hydrogen-bond donors (Lipinski definition) is 1. The molecule has 0 amide bonds. The Kier molecular flexibility index (Phi) is 4.57. The zero-order valence-electron chi connectivity index (χ0n) is 13.7. The van der Waals surface area contributed by atoms with Gasteiger partial charge in [-0.05, 0) is 30.2 Å². The molecule has 0 radical (unpaired) electrons. The van der Waals surface area contributed by atoms with Gasteiger partial charge in [0.25, 0.3) is 0 Å². The van der Waals surface area contributed by atoms with Crippen LogP contribution in [0.5, 0.6) is 0 Å². The lowest BCUT2D eigenvalue weighted by atomic mass is 10.00. The molecule has 1 aromatic heterocycles. The summed E-state index contributed by atoms with van der Waals surface area (Å²) in [5.74, 6) is 0. The van der Waals surface area contributed by atoms with Crippen LogP contribution in [0.4, 0.5) is 0 Å². The second kappa shape index (κ2) is 6.74. The topological polar surface area (TPSA) is 53.2 Å². The van der Waals surface area contributed by atoms with Crippen molar-refractivity contribution in [1.82, 2.24) is 9.29 Å². The summed E-state index contributed by atoms with van der Waals surface area (Å²) in [6.45, 7) is 0.705. The van der Waals surface area contributed by atoms with Gasteiger partial charge in [0.15, 0.2) is 0 Å². The Labute approximate surface area is 162 Å². The van der Waals surface area contributed by atoms with Gasteiger partial charge in [-0.1, -0.05) is 53.5 Å². The van der Waals surface area contributed by atoms with Crippen LogP contribution >= 0.6 is 23.2 Å². The quantitative estimate of drug-likeness (QED) is 0.668. The summed E-state index contributed by atoms with van der Waals surface area (Å²) in [6, 6.07) is 12.7. The number of benzene rings is 2. The number of aromatic nitrogens is 1. The van der Waals surface area contributed by atoms with E-state index < -0.39 is 10.0 Å². The molecule has 0 aliphatic carbocycles. The lowest BCUT2D eigenvalue weighted by Gasteiger charge is -2.26. The monoisotopic (exact) mass is 406 g/mol. The third-order valence-corrected chi connectivity index (χ3v) is 7.48. The van der Waals surface area contributed by atoms with E-state index in [9.17, 15) is 8.42 Å². The van der Waals surface area contributed by atoms with Crippen LogP contribution in [0.15, 0.2) is 59.6 Å². The van der Waals surface area contributed by atoms with Gasteiger partial charge in [-0.2, -0.15) is 4.31 Å². The molecular weight excluding hydrogens is 391 g/mol. The first-order valence-corrected chi connectivity index (χ1v) is 10.4. The van der Waals surface area contributed by atoms with Crippen molar-refractivity contribution in [2.24, 2.45) is 0 Å². The molecule has 0 bridgehead atoms. The minimum absolute atomic E-state index is 0.0515. The Morgan fingerprint density at radius 1 is 1.04 bits per heavy atom. The van der Waals surface area contributed by atoms with Crippen molar-refractivity contribution in [3.05, 3.63) is 70.3 Å². The van der Waals surface area contributed by atoms with E-state index in [1.54, 1.807) is 12.1 Å². The molecule has 0 unspecified atom stereocenters. The second-order valence-corrected chi connectivity index (χ2v) is 8.83. The lowest BCUT2D eigenvalue weighted by molar-refractivity contribution is 0.441. The van der Waals surface area contributed by atoms with Gasteiger partial charge in [-0.3, -0.25) is 0 Å². The van der Waals surface area contributed by atoms with E-state index in [2.05, 4.69) is 11.1 Å². The van der Waals surface area contributed by atoms with Gasteiger partial charge in [0.05, 0.1) is 10.0 Å². The van der Waals surface area contributed by atoms with E-state index in [0.717, 1.165) is 22.0 Å².